The van der Waals surface area contributed by atoms with Crippen LogP contribution in [0.15, 0.2) is 4.42 Å². The van der Waals surface area contributed by atoms with Gasteiger partial charge in [0.1, 0.15) is 6.61 Å². The van der Waals surface area contributed by atoms with E-state index in [2.05, 4.69) is 15.5 Å². The fraction of sp³-hybridized carbons (Fsp3) is 0.750. The third-order valence-electron chi connectivity index (χ3n) is 1.90. The van der Waals surface area contributed by atoms with Crippen molar-refractivity contribution >= 4 is 0 Å². The first-order valence-electron chi connectivity index (χ1n) is 4.42. The molecule has 0 amide bonds. The minimum absolute atomic E-state index is 0.385. The van der Waals surface area contributed by atoms with Gasteiger partial charge in [-0.05, 0) is 12.8 Å². The Bertz CT molecular complexity index is 270. The Kier molecular flexibility index (Phi) is 2.56. The molecule has 0 unspecified atom stereocenters. The standard InChI is InChI=1S/C8H13N3O2/c1-12-5-8-11-10-7(13-8)4-9-6-2-3-6/h6,9H,2-5H2,1H3. The molecule has 0 atom stereocenters. The van der Waals surface area contributed by atoms with E-state index in [4.69, 9.17) is 9.15 Å². The summed E-state index contributed by atoms with van der Waals surface area (Å²) in [6, 6.07) is 0.665. The van der Waals surface area contributed by atoms with Crippen LogP contribution in [-0.2, 0) is 17.9 Å². The summed E-state index contributed by atoms with van der Waals surface area (Å²) in [5.41, 5.74) is 0. The van der Waals surface area contributed by atoms with Gasteiger partial charge in [0.25, 0.3) is 0 Å². The van der Waals surface area contributed by atoms with Crippen LogP contribution < -0.4 is 5.32 Å². The van der Waals surface area contributed by atoms with Gasteiger partial charge in [-0.25, -0.2) is 0 Å². The van der Waals surface area contributed by atoms with E-state index in [1.165, 1.54) is 12.8 Å². The number of nitrogens with zero attached hydrogens (tertiary/aromatic N) is 2. The van der Waals surface area contributed by atoms with Gasteiger partial charge in [0.2, 0.25) is 11.8 Å². The largest absolute Gasteiger partial charge is 0.421 e. The molecule has 0 saturated heterocycles. The predicted molar refractivity (Wildman–Crippen MR) is 44.9 cm³/mol. The van der Waals surface area contributed by atoms with Gasteiger partial charge in [-0.15, -0.1) is 10.2 Å². The molecule has 72 valence electrons. The molecule has 0 radical (unpaired) electrons. The maximum Gasteiger partial charge on any atom is 0.242 e. The summed E-state index contributed by atoms with van der Waals surface area (Å²) in [5, 5.41) is 11.0. The van der Waals surface area contributed by atoms with Gasteiger partial charge in [0.05, 0.1) is 6.54 Å². The predicted octanol–water partition coefficient (Wildman–Crippen LogP) is 0.468. The van der Waals surface area contributed by atoms with Gasteiger partial charge in [0.15, 0.2) is 0 Å². The maximum absolute atomic E-state index is 5.29. The number of hydrogen-bond acceptors (Lipinski definition) is 5. The zero-order valence-electron chi connectivity index (χ0n) is 7.62. The van der Waals surface area contributed by atoms with Crippen LogP contribution in [0.25, 0.3) is 0 Å². The van der Waals surface area contributed by atoms with Crippen molar-refractivity contribution in [2.45, 2.75) is 32.0 Å². The van der Waals surface area contributed by atoms with Gasteiger partial charge < -0.3 is 14.5 Å². The van der Waals surface area contributed by atoms with Gasteiger partial charge >= 0.3 is 0 Å². The molecule has 1 heterocycles. The van der Waals surface area contributed by atoms with E-state index in [-0.39, 0.29) is 0 Å². The number of nitrogens with one attached hydrogen (secondary N) is 1. The molecule has 1 aliphatic carbocycles. The summed E-state index contributed by atoms with van der Waals surface area (Å²) >= 11 is 0. The minimum Gasteiger partial charge on any atom is -0.421 e. The molecule has 0 aromatic carbocycles. The summed E-state index contributed by atoms with van der Waals surface area (Å²) in [6.45, 7) is 1.05. The zero-order valence-corrected chi connectivity index (χ0v) is 7.62. The van der Waals surface area contributed by atoms with Gasteiger partial charge in [-0.2, -0.15) is 0 Å². The number of hydrogen-bond donors (Lipinski definition) is 1. The Morgan fingerprint density at radius 3 is 2.92 bits per heavy atom. The normalized spacial score (nSPS) is 16.4. The molecule has 0 aliphatic heterocycles. The lowest BCUT2D eigenvalue weighted by Gasteiger charge is -1.95. The first kappa shape index (κ1) is 8.65. The van der Waals surface area contributed by atoms with Crippen molar-refractivity contribution in [3.63, 3.8) is 0 Å². The molecular weight excluding hydrogens is 170 g/mol. The fourth-order valence-electron chi connectivity index (χ4n) is 1.06. The van der Waals surface area contributed by atoms with E-state index in [9.17, 15) is 0 Å². The highest BCUT2D eigenvalue weighted by Gasteiger charge is 2.21. The van der Waals surface area contributed by atoms with Crippen molar-refractivity contribution in [3.05, 3.63) is 11.8 Å². The van der Waals surface area contributed by atoms with Crippen LogP contribution in [0.2, 0.25) is 0 Å². The average molecular weight is 183 g/mol. The molecule has 1 N–H and O–H groups in total. The fourth-order valence-corrected chi connectivity index (χ4v) is 1.06. The molecule has 1 saturated carbocycles. The SMILES string of the molecule is COCc1nnc(CNC2CC2)o1. The van der Waals surface area contributed by atoms with Crippen LogP contribution in [0, 0.1) is 0 Å². The summed E-state index contributed by atoms with van der Waals surface area (Å²) in [5.74, 6) is 1.18. The molecule has 0 bridgehead atoms. The second-order valence-electron chi connectivity index (χ2n) is 3.18. The first-order valence-corrected chi connectivity index (χ1v) is 4.42. The first-order chi connectivity index (χ1) is 6.38. The number of rotatable bonds is 5. The van der Waals surface area contributed by atoms with Crippen LogP contribution in [0.4, 0.5) is 0 Å². The Hall–Kier alpha value is -0.940. The molecule has 1 aromatic rings. The molecule has 1 fully saturated rings. The molecule has 0 spiro atoms. The smallest absolute Gasteiger partial charge is 0.242 e. The lowest BCUT2D eigenvalue weighted by molar-refractivity contribution is 0.157. The van der Waals surface area contributed by atoms with Crippen molar-refractivity contribution in [2.75, 3.05) is 7.11 Å². The van der Waals surface area contributed by atoms with Crippen LogP contribution in [0.3, 0.4) is 0 Å². The van der Waals surface area contributed by atoms with E-state index in [1.54, 1.807) is 7.11 Å². The van der Waals surface area contributed by atoms with Crippen molar-refractivity contribution < 1.29 is 9.15 Å². The maximum atomic E-state index is 5.29. The van der Waals surface area contributed by atoms with E-state index in [0.717, 1.165) is 0 Å². The van der Waals surface area contributed by atoms with Crippen LogP contribution >= 0.6 is 0 Å². The Labute approximate surface area is 76.5 Å². The molecule has 13 heavy (non-hydrogen) atoms. The highest BCUT2D eigenvalue weighted by molar-refractivity contribution is 4.85. The average Bonchev–Trinajstić information content (AvgIpc) is 2.85. The second kappa shape index (κ2) is 3.85. The minimum atomic E-state index is 0.385. The Morgan fingerprint density at radius 1 is 1.46 bits per heavy atom. The molecule has 5 nitrogen and oxygen atoms in total. The van der Waals surface area contributed by atoms with Crippen molar-refractivity contribution in [1.29, 1.82) is 0 Å². The monoisotopic (exact) mass is 183 g/mol. The zero-order chi connectivity index (χ0) is 9.10. The number of ether oxygens (including phenoxy) is 1. The highest BCUT2D eigenvalue weighted by atomic mass is 16.5. The van der Waals surface area contributed by atoms with Gasteiger partial charge in [-0.3, -0.25) is 0 Å². The molecular formula is C8H13N3O2. The lowest BCUT2D eigenvalue weighted by atomic mass is 10.6. The van der Waals surface area contributed by atoms with Crippen molar-refractivity contribution in [2.24, 2.45) is 0 Å². The third-order valence-corrected chi connectivity index (χ3v) is 1.90. The second-order valence-corrected chi connectivity index (χ2v) is 3.18. The summed E-state index contributed by atoms with van der Waals surface area (Å²) in [4.78, 5) is 0. The topological polar surface area (TPSA) is 60.2 Å². The summed E-state index contributed by atoms with van der Waals surface area (Å²) in [7, 11) is 1.60. The van der Waals surface area contributed by atoms with Crippen LogP contribution in [0.1, 0.15) is 24.6 Å². The Morgan fingerprint density at radius 2 is 2.23 bits per heavy atom. The third kappa shape index (κ3) is 2.50. The lowest BCUT2D eigenvalue weighted by Crippen LogP contribution is -2.15. The summed E-state index contributed by atoms with van der Waals surface area (Å²) < 4.78 is 10.2. The van der Waals surface area contributed by atoms with Crippen molar-refractivity contribution in [1.82, 2.24) is 15.5 Å². The van der Waals surface area contributed by atoms with Gasteiger partial charge in [-0.1, -0.05) is 0 Å². The molecule has 1 aliphatic rings. The number of aromatic nitrogens is 2. The van der Waals surface area contributed by atoms with Gasteiger partial charge in [0, 0.05) is 13.2 Å². The molecule has 2 rings (SSSR count). The quantitative estimate of drug-likeness (QED) is 0.719. The molecule has 5 heteroatoms. The van der Waals surface area contributed by atoms with Crippen LogP contribution in [0.5, 0.6) is 0 Å². The van der Waals surface area contributed by atoms with Crippen molar-refractivity contribution in [3.8, 4) is 0 Å². The molecule has 1 aromatic heterocycles. The Balaban J connectivity index is 1.81. The number of methoxy groups -OCH3 is 1. The van der Waals surface area contributed by atoms with E-state index >= 15 is 0 Å². The van der Waals surface area contributed by atoms with Crippen LogP contribution in [-0.4, -0.2) is 23.3 Å². The van der Waals surface area contributed by atoms with E-state index < -0.39 is 0 Å². The highest BCUT2D eigenvalue weighted by Crippen LogP contribution is 2.19. The van der Waals surface area contributed by atoms with E-state index in [1.807, 2.05) is 0 Å². The summed E-state index contributed by atoms with van der Waals surface area (Å²) in [6.07, 6.45) is 2.53. The van der Waals surface area contributed by atoms with E-state index in [0.29, 0.717) is 31.0 Å².